The number of nitro benzene ring substituents is 1. The fraction of sp³-hybridized carbons (Fsp3) is 0.316. The van der Waals surface area contributed by atoms with Crippen molar-refractivity contribution in [2.45, 2.75) is 25.0 Å². The molecule has 2 aromatic carbocycles. The molecule has 0 radical (unpaired) electrons. The van der Waals surface area contributed by atoms with Crippen LogP contribution in [-0.2, 0) is 6.61 Å². The molecule has 0 heterocycles. The van der Waals surface area contributed by atoms with Crippen molar-refractivity contribution >= 4 is 17.3 Å². The van der Waals surface area contributed by atoms with E-state index in [1.54, 1.807) is 24.3 Å². The highest BCUT2D eigenvalue weighted by atomic mass is 19.3. The molecule has 0 aliphatic heterocycles. The topological polar surface area (TPSA) is 143 Å². The minimum Gasteiger partial charge on any atom is -0.497 e. The maximum Gasteiger partial charge on any atom is 0.333 e. The number of anilines is 1. The number of nitrogens with one attached hydrogen (secondary N) is 1. The first-order chi connectivity index (χ1) is 14.9. The molecule has 0 saturated carbocycles. The van der Waals surface area contributed by atoms with Crippen LogP contribution in [0, 0.1) is 10.1 Å². The van der Waals surface area contributed by atoms with Gasteiger partial charge in [0.05, 0.1) is 12.0 Å². The van der Waals surface area contributed by atoms with Gasteiger partial charge in [0.25, 0.3) is 5.69 Å². The summed E-state index contributed by atoms with van der Waals surface area (Å²) in [5.41, 5.74) is 8.56. The number of nitrogens with two attached hydrogens (primary N) is 2. The number of benzene rings is 2. The number of carbonyl (C=O) groups is 1. The van der Waals surface area contributed by atoms with Crippen LogP contribution in [-0.4, -0.2) is 42.9 Å². The minimum atomic E-state index is -4.45. The summed E-state index contributed by atoms with van der Waals surface area (Å²) in [7, 11) is 1.47. The van der Waals surface area contributed by atoms with Gasteiger partial charge in [0.15, 0.2) is 17.6 Å². The molecule has 1 amide bonds. The van der Waals surface area contributed by atoms with E-state index in [1.165, 1.54) is 7.11 Å². The van der Waals surface area contributed by atoms with Gasteiger partial charge in [-0.25, -0.2) is 8.78 Å². The Morgan fingerprint density at radius 1 is 1.25 bits per heavy atom. The highest BCUT2D eigenvalue weighted by Crippen LogP contribution is 2.37. The number of hydrogen-bond donors (Lipinski definition) is 3. The van der Waals surface area contributed by atoms with Crippen molar-refractivity contribution in [1.82, 2.24) is 0 Å². The van der Waals surface area contributed by atoms with Crippen molar-refractivity contribution in [3.05, 3.63) is 57.6 Å². The normalized spacial score (nSPS) is 13.2. The summed E-state index contributed by atoms with van der Waals surface area (Å²) in [6.45, 7) is -1.24. The standard InChI is InChI=1S/C19H20F4N4O5/c1-31-12-4-2-10(3-5-12)9-32-15-7-11(18(24)28)6-14(27(29)30)16(15)26-8-13(20)17(21)19(22,23)25/h2-7,13,17,26H,8-9,25H2,1H3,(H2,24,28). The number of nitro groups is 1. The van der Waals surface area contributed by atoms with Crippen LogP contribution >= 0.6 is 0 Å². The van der Waals surface area contributed by atoms with Gasteiger partial charge in [-0.1, -0.05) is 12.1 Å². The largest absolute Gasteiger partial charge is 0.497 e. The maximum absolute atomic E-state index is 13.9. The van der Waals surface area contributed by atoms with Crippen molar-refractivity contribution in [2.75, 3.05) is 19.0 Å². The Balaban J connectivity index is 2.35. The van der Waals surface area contributed by atoms with Gasteiger partial charge in [-0.05, 0) is 23.8 Å². The number of hydrogen-bond acceptors (Lipinski definition) is 7. The lowest BCUT2D eigenvalue weighted by molar-refractivity contribution is -0.384. The highest BCUT2D eigenvalue weighted by molar-refractivity contribution is 5.95. The van der Waals surface area contributed by atoms with E-state index in [0.29, 0.717) is 11.3 Å². The number of amides is 1. The van der Waals surface area contributed by atoms with E-state index in [4.69, 9.17) is 15.2 Å². The molecule has 13 heteroatoms. The zero-order valence-electron chi connectivity index (χ0n) is 16.7. The predicted octanol–water partition coefficient (Wildman–Crippen LogP) is 2.92. The third-order valence-electron chi connectivity index (χ3n) is 4.28. The molecular formula is C19H20F4N4O5. The van der Waals surface area contributed by atoms with Gasteiger partial charge in [0.2, 0.25) is 12.1 Å². The number of alkyl halides is 4. The van der Waals surface area contributed by atoms with Crippen LogP contribution in [0.25, 0.3) is 0 Å². The molecule has 5 N–H and O–H groups in total. The zero-order chi connectivity index (χ0) is 24.1. The molecule has 0 saturated heterocycles. The Kier molecular flexibility index (Phi) is 7.81. The van der Waals surface area contributed by atoms with E-state index in [2.05, 4.69) is 11.1 Å². The maximum atomic E-state index is 13.9. The molecule has 0 aliphatic carbocycles. The number of ether oxygens (including phenoxy) is 2. The van der Waals surface area contributed by atoms with Crippen molar-refractivity contribution in [1.29, 1.82) is 0 Å². The van der Waals surface area contributed by atoms with E-state index in [0.717, 1.165) is 12.1 Å². The van der Waals surface area contributed by atoms with Crippen molar-refractivity contribution < 1.29 is 36.8 Å². The molecular weight excluding hydrogens is 440 g/mol. The van der Waals surface area contributed by atoms with Gasteiger partial charge >= 0.3 is 6.05 Å². The molecule has 9 nitrogen and oxygen atoms in total. The van der Waals surface area contributed by atoms with E-state index in [-0.39, 0.29) is 17.9 Å². The Hall–Kier alpha value is -3.61. The summed E-state index contributed by atoms with van der Waals surface area (Å²) in [6.07, 6.45) is -6.16. The molecule has 2 unspecified atom stereocenters. The number of primary amides is 1. The molecule has 32 heavy (non-hydrogen) atoms. The van der Waals surface area contributed by atoms with Crippen molar-refractivity contribution in [3.63, 3.8) is 0 Å². The second-order valence-corrected chi connectivity index (χ2v) is 6.60. The first kappa shape index (κ1) is 24.7. The third kappa shape index (κ3) is 6.20. The SMILES string of the molecule is COc1ccc(COc2cc(C(N)=O)cc([N+](=O)[O-])c2NCC(F)C(F)C(N)(F)F)cc1. The summed E-state index contributed by atoms with van der Waals surface area (Å²) in [4.78, 5) is 22.1. The molecule has 2 aromatic rings. The molecule has 0 bridgehead atoms. The van der Waals surface area contributed by atoms with E-state index in [9.17, 15) is 32.5 Å². The van der Waals surface area contributed by atoms with Crippen LogP contribution in [0.15, 0.2) is 36.4 Å². The van der Waals surface area contributed by atoms with Crippen molar-refractivity contribution in [2.24, 2.45) is 11.5 Å². The van der Waals surface area contributed by atoms with E-state index >= 15 is 0 Å². The van der Waals surface area contributed by atoms with Gasteiger partial charge in [0.1, 0.15) is 12.4 Å². The number of rotatable bonds is 11. The van der Waals surface area contributed by atoms with E-state index < -0.39 is 47.1 Å². The minimum absolute atomic E-state index is 0.149. The van der Waals surface area contributed by atoms with Gasteiger partial charge in [0, 0.05) is 18.2 Å². The Bertz CT molecular complexity index is 969. The molecule has 0 aromatic heterocycles. The molecule has 2 atom stereocenters. The molecule has 0 spiro atoms. The number of methoxy groups -OCH3 is 1. The second-order valence-electron chi connectivity index (χ2n) is 6.60. The number of carbonyl (C=O) groups excluding carboxylic acids is 1. The number of halogens is 4. The lowest BCUT2D eigenvalue weighted by Crippen LogP contribution is -2.47. The number of nitrogens with zero attached hydrogens (tertiary/aromatic N) is 1. The van der Waals surface area contributed by atoms with Gasteiger partial charge in [-0.3, -0.25) is 20.6 Å². The van der Waals surface area contributed by atoms with Crippen LogP contribution in [0.2, 0.25) is 0 Å². The van der Waals surface area contributed by atoms with Crippen LogP contribution in [0.1, 0.15) is 15.9 Å². The average molecular weight is 460 g/mol. The Morgan fingerprint density at radius 2 is 1.88 bits per heavy atom. The molecule has 174 valence electrons. The first-order valence-electron chi connectivity index (χ1n) is 9.00. The summed E-state index contributed by atoms with van der Waals surface area (Å²) < 4.78 is 63.5. The lowest BCUT2D eigenvalue weighted by Gasteiger charge is -2.21. The highest BCUT2D eigenvalue weighted by Gasteiger charge is 2.42. The van der Waals surface area contributed by atoms with Crippen molar-refractivity contribution in [3.8, 4) is 11.5 Å². The second kappa shape index (κ2) is 10.1. The zero-order valence-corrected chi connectivity index (χ0v) is 16.7. The summed E-state index contributed by atoms with van der Waals surface area (Å²) in [6, 6.07) is 3.92. The molecule has 0 fully saturated rings. The monoisotopic (exact) mass is 460 g/mol. The lowest BCUT2D eigenvalue weighted by atomic mass is 10.1. The Labute approximate surface area is 179 Å². The summed E-state index contributed by atoms with van der Waals surface area (Å²) in [5, 5.41) is 13.7. The molecule has 0 aliphatic rings. The van der Waals surface area contributed by atoms with Gasteiger partial charge in [-0.15, -0.1) is 0 Å². The van der Waals surface area contributed by atoms with Gasteiger partial charge < -0.3 is 20.5 Å². The van der Waals surface area contributed by atoms with Crippen LogP contribution in [0.4, 0.5) is 28.9 Å². The fourth-order valence-electron chi connectivity index (χ4n) is 2.61. The van der Waals surface area contributed by atoms with Crippen LogP contribution < -0.4 is 26.3 Å². The van der Waals surface area contributed by atoms with Crippen LogP contribution in [0.5, 0.6) is 11.5 Å². The third-order valence-corrected chi connectivity index (χ3v) is 4.28. The molecule has 2 rings (SSSR count). The fourth-order valence-corrected chi connectivity index (χ4v) is 2.61. The summed E-state index contributed by atoms with van der Waals surface area (Å²) >= 11 is 0. The van der Waals surface area contributed by atoms with E-state index in [1.807, 2.05) is 0 Å². The smallest absolute Gasteiger partial charge is 0.333 e. The van der Waals surface area contributed by atoms with Crippen LogP contribution in [0.3, 0.4) is 0 Å². The first-order valence-corrected chi connectivity index (χ1v) is 9.00. The Morgan fingerprint density at radius 3 is 2.38 bits per heavy atom. The summed E-state index contributed by atoms with van der Waals surface area (Å²) in [5.74, 6) is -0.746. The quantitative estimate of drug-likeness (QED) is 0.202. The average Bonchev–Trinajstić information content (AvgIpc) is 2.74. The van der Waals surface area contributed by atoms with Gasteiger partial charge in [-0.2, -0.15) is 8.78 Å². The predicted molar refractivity (Wildman–Crippen MR) is 106 cm³/mol.